The molecule has 0 bridgehead atoms. The Morgan fingerprint density at radius 1 is 0.966 bits per heavy atom. The molecule has 1 heterocycles. The second-order valence-electron chi connectivity index (χ2n) is 6.68. The lowest BCUT2D eigenvalue weighted by Crippen LogP contribution is -2.21. The number of ether oxygens (including phenoxy) is 3. The molecule has 0 fully saturated rings. The lowest BCUT2D eigenvalue weighted by Gasteiger charge is -2.10. The van der Waals surface area contributed by atoms with Gasteiger partial charge >= 0.3 is 5.97 Å². The maximum Gasteiger partial charge on any atom is 0.310 e. The SMILES string of the molecule is COc1cc(NC(=O)COC(=O)Cc2coc3cc(C)c(C)cc23)cc(OC)c1. The molecular formula is C22H23NO6. The number of benzene rings is 2. The van der Waals surface area contributed by atoms with Crippen LogP contribution in [0.2, 0.25) is 0 Å². The van der Waals surface area contributed by atoms with E-state index in [1.165, 1.54) is 14.2 Å². The van der Waals surface area contributed by atoms with Crippen molar-refractivity contribution in [3.63, 3.8) is 0 Å². The van der Waals surface area contributed by atoms with Gasteiger partial charge in [-0.05, 0) is 37.1 Å². The number of fused-ring (bicyclic) bond motifs is 1. The Hall–Kier alpha value is -3.48. The molecule has 0 radical (unpaired) electrons. The first-order chi connectivity index (χ1) is 13.9. The number of carbonyl (C=O) groups is 2. The fraction of sp³-hybridized carbons (Fsp3) is 0.273. The van der Waals surface area contributed by atoms with Crippen molar-refractivity contribution in [1.82, 2.24) is 0 Å². The van der Waals surface area contributed by atoms with Crippen LogP contribution in [0.15, 0.2) is 41.0 Å². The fourth-order valence-corrected chi connectivity index (χ4v) is 2.90. The van der Waals surface area contributed by atoms with Gasteiger partial charge < -0.3 is 23.9 Å². The van der Waals surface area contributed by atoms with Gasteiger partial charge in [-0.2, -0.15) is 0 Å². The molecule has 152 valence electrons. The number of carbonyl (C=O) groups excluding carboxylic acids is 2. The number of methoxy groups -OCH3 is 2. The molecule has 3 rings (SSSR count). The number of amides is 1. The summed E-state index contributed by atoms with van der Waals surface area (Å²) in [4.78, 5) is 24.3. The highest BCUT2D eigenvalue weighted by Crippen LogP contribution is 2.26. The van der Waals surface area contributed by atoms with Gasteiger partial charge in [0.15, 0.2) is 6.61 Å². The second kappa shape index (κ2) is 8.68. The maximum atomic E-state index is 12.2. The van der Waals surface area contributed by atoms with Crippen LogP contribution >= 0.6 is 0 Å². The molecule has 0 spiro atoms. The van der Waals surface area contributed by atoms with Crippen LogP contribution in [0.25, 0.3) is 11.0 Å². The number of esters is 1. The van der Waals surface area contributed by atoms with Crippen molar-refractivity contribution in [3.8, 4) is 11.5 Å². The molecule has 3 aromatic rings. The fourth-order valence-electron chi connectivity index (χ4n) is 2.90. The van der Waals surface area contributed by atoms with E-state index in [0.717, 1.165) is 27.7 Å². The van der Waals surface area contributed by atoms with E-state index in [2.05, 4.69) is 5.32 Å². The summed E-state index contributed by atoms with van der Waals surface area (Å²) in [6.45, 7) is 3.61. The third kappa shape index (κ3) is 4.87. The van der Waals surface area contributed by atoms with Crippen molar-refractivity contribution in [1.29, 1.82) is 0 Å². The molecule has 2 aromatic carbocycles. The van der Waals surface area contributed by atoms with Crippen LogP contribution in [-0.4, -0.2) is 32.7 Å². The van der Waals surface area contributed by atoms with Gasteiger partial charge in [-0.1, -0.05) is 0 Å². The monoisotopic (exact) mass is 397 g/mol. The van der Waals surface area contributed by atoms with Gasteiger partial charge in [-0.15, -0.1) is 0 Å². The molecule has 0 atom stereocenters. The Morgan fingerprint density at radius 2 is 1.62 bits per heavy atom. The highest BCUT2D eigenvalue weighted by molar-refractivity contribution is 5.93. The summed E-state index contributed by atoms with van der Waals surface area (Å²) in [5, 5.41) is 3.53. The summed E-state index contributed by atoms with van der Waals surface area (Å²) in [6.07, 6.45) is 1.57. The topological polar surface area (TPSA) is 87.0 Å². The summed E-state index contributed by atoms with van der Waals surface area (Å²) in [7, 11) is 3.04. The molecule has 7 nitrogen and oxygen atoms in total. The van der Waals surface area contributed by atoms with E-state index in [9.17, 15) is 9.59 Å². The Bertz CT molecular complexity index is 1030. The van der Waals surface area contributed by atoms with Crippen molar-refractivity contribution in [3.05, 3.63) is 53.3 Å². The standard InChI is InChI=1S/C22H23NO6/c1-13-5-19-15(11-28-20(19)6-14(13)2)7-22(25)29-12-21(24)23-16-8-17(26-3)10-18(9-16)27-4/h5-6,8-11H,7,12H2,1-4H3,(H,23,24). The Balaban J connectivity index is 1.58. The van der Waals surface area contributed by atoms with E-state index in [4.69, 9.17) is 18.6 Å². The van der Waals surface area contributed by atoms with E-state index in [1.54, 1.807) is 24.5 Å². The van der Waals surface area contributed by atoms with Crippen LogP contribution in [0.4, 0.5) is 5.69 Å². The molecule has 0 unspecified atom stereocenters. The van der Waals surface area contributed by atoms with Crippen molar-refractivity contribution in [2.75, 3.05) is 26.1 Å². The molecule has 0 saturated heterocycles. The van der Waals surface area contributed by atoms with Gasteiger partial charge in [0.25, 0.3) is 5.91 Å². The molecule has 1 N–H and O–H groups in total. The van der Waals surface area contributed by atoms with Crippen molar-refractivity contribution in [2.24, 2.45) is 0 Å². The lowest BCUT2D eigenvalue weighted by molar-refractivity contribution is -0.146. The van der Waals surface area contributed by atoms with E-state index in [0.29, 0.717) is 17.2 Å². The van der Waals surface area contributed by atoms with Crippen LogP contribution in [0, 0.1) is 13.8 Å². The second-order valence-corrected chi connectivity index (χ2v) is 6.68. The molecular weight excluding hydrogens is 374 g/mol. The summed E-state index contributed by atoms with van der Waals surface area (Å²) >= 11 is 0. The van der Waals surface area contributed by atoms with Crippen molar-refractivity contribution >= 4 is 28.5 Å². The third-order valence-electron chi connectivity index (χ3n) is 4.60. The predicted octanol–water partition coefficient (Wildman–Crippen LogP) is 3.79. The van der Waals surface area contributed by atoms with Gasteiger partial charge in [0, 0.05) is 34.8 Å². The predicted molar refractivity (Wildman–Crippen MR) is 109 cm³/mol. The smallest absolute Gasteiger partial charge is 0.310 e. The number of hydrogen-bond acceptors (Lipinski definition) is 6. The molecule has 0 aliphatic rings. The summed E-state index contributed by atoms with van der Waals surface area (Å²) in [6, 6.07) is 8.90. The van der Waals surface area contributed by atoms with Gasteiger partial charge in [-0.25, -0.2) is 0 Å². The van der Waals surface area contributed by atoms with Crippen molar-refractivity contribution in [2.45, 2.75) is 20.3 Å². The number of anilines is 1. The Labute approximate surface area is 168 Å². The minimum atomic E-state index is -0.510. The number of aryl methyl sites for hydroxylation is 2. The quantitative estimate of drug-likeness (QED) is 0.611. The van der Waals surface area contributed by atoms with Crippen LogP contribution in [0.1, 0.15) is 16.7 Å². The first kappa shape index (κ1) is 20.3. The molecule has 1 amide bonds. The highest BCUT2D eigenvalue weighted by atomic mass is 16.5. The number of hydrogen-bond donors (Lipinski definition) is 1. The van der Waals surface area contributed by atoms with E-state index >= 15 is 0 Å². The average molecular weight is 397 g/mol. The molecule has 0 aliphatic heterocycles. The summed E-state index contributed by atoms with van der Waals surface area (Å²) < 4.78 is 21.0. The minimum absolute atomic E-state index is 0.0236. The van der Waals surface area contributed by atoms with E-state index in [1.807, 2.05) is 26.0 Å². The van der Waals surface area contributed by atoms with Gasteiger partial charge in [0.1, 0.15) is 17.1 Å². The first-order valence-corrected chi connectivity index (χ1v) is 9.05. The van der Waals surface area contributed by atoms with Gasteiger partial charge in [-0.3, -0.25) is 9.59 Å². The van der Waals surface area contributed by atoms with Crippen LogP contribution in [0.3, 0.4) is 0 Å². The first-order valence-electron chi connectivity index (χ1n) is 9.05. The molecule has 29 heavy (non-hydrogen) atoms. The largest absolute Gasteiger partial charge is 0.497 e. The molecule has 7 heteroatoms. The zero-order chi connectivity index (χ0) is 21.0. The minimum Gasteiger partial charge on any atom is -0.497 e. The molecule has 0 aliphatic carbocycles. The summed E-state index contributed by atoms with van der Waals surface area (Å²) in [5.74, 6) is 0.101. The zero-order valence-electron chi connectivity index (χ0n) is 16.8. The maximum absolute atomic E-state index is 12.2. The molecule has 1 aromatic heterocycles. The van der Waals surface area contributed by atoms with E-state index < -0.39 is 18.5 Å². The normalized spacial score (nSPS) is 10.6. The van der Waals surface area contributed by atoms with E-state index in [-0.39, 0.29) is 6.42 Å². The number of nitrogens with one attached hydrogen (secondary N) is 1. The van der Waals surface area contributed by atoms with Crippen LogP contribution < -0.4 is 14.8 Å². The van der Waals surface area contributed by atoms with Crippen molar-refractivity contribution < 1.29 is 28.2 Å². The Morgan fingerprint density at radius 3 is 2.28 bits per heavy atom. The average Bonchev–Trinajstić information content (AvgIpc) is 3.07. The number of furan rings is 1. The number of rotatable bonds is 7. The van der Waals surface area contributed by atoms with Gasteiger partial charge in [0.2, 0.25) is 0 Å². The summed E-state index contributed by atoms with van der Waals surface area (Å²) in [5.41, 5.74) is 4.16. The zero-order valence-corrected chi connectivity index (χ0v) is 16.8. The highest BCUT2D eigenvalue weighted by Gasteiger charge is 2.14. The van der Waals surface area contributed by atoms with Gasteiger partial charge in [0.05, 0.1) is 26.9 Å². The molecule has 0 saturated carbocycles. The Kier molecular flexibility index (Phi) is 6.07. The van der Waals surface area contributed by atoms with Crippen LogP contribution in [0.5, 0.6) is 11.5 Å². The lowest BCUT2D eigenvalue weighted by atomic mass is 10.0. The van der Waals surface area contributed by atoms with Crippen LogP contribution in [-0.2, 0) is 20.7 Å². The third-order valence-corrected chi connectivity index (χ3v) is 4.60.